The predicted octanol–water partition coefficient (Wildman–Crippen LogP) is 3.23. The lowest BCUT2D eigenvalue weighted by Crippen LogP contribution is -2.36. The third kappa shape index (κ3) is 6.91. The highest BCUT2D eigenvalue weighted by Crippen LogP contribution is 2.20. The molecule has 1 aromatic carbocycles. The fourth-order valence-corrected chi connectivity index (χ4v) is 2.74. The van der Waals surface area contributed by atoms with E-state index in [-0.39, 0.29) is 6.03 Å². The third-order valence-corrected chi connectivity index (χ3v) is 4.12. The summed E-state index contributed by atoms with van der Waals surface area (Å²) >= 11 is 0. The van der Waals surface area contributed by atoms with Crippen molar-refractivity contribution in [3.63, 3.8) is 0 Å². The maximum absolute atomic E-state index is 11.7. The normalized spacial score (nSPS) is 15.2. The third-order valence-electron chi connectivity index (χ3n) is 4.12. The van der Waals surface area contributed by atoms with Crippen molar-refractivity contribution < 1.29 is 14.3 Å². The van der Waals surface area contributed by atoms with Crippen LogP contribution in [0.15, 0.2) is 24.3 Å². The van der Waals surface area contributed by atoms with E-state index in [1.807, 2.05) is 24.3 Å². The number of nitrogens with one attached hydrogen (secondary N) is 2. The van der Waals surface area contributed by atoms with E-state index >= 15 is 0 Å². The number of hydrogen-bond acceptors (Lipinski definition) is 3. The number of carbonyl (C=O) groups is 1. The predicted molar refractivity (Wildman–Crippen MR) is 90.7 cm³/mol. The maximum Gasteiger partial charge on any atom is 0.315 e. The van der Waals surface area contributed by atoms with Crippen molar-refractivity contribution >= 4 is 6.03 Å². The van der Waals surface area contributed by atoms with E-state index in [4.69, 9.17) is 9.47 Å². The molecule has 1 aromatic rings. The summed E-state index contributed by atoms with van der Waals surface area (Å²) in [5.74, 6) is 0.816. The number of amides is 2. The molecule has 0 bridgehead atoms. The van der Waals surface area contributed by atoms with Crippen molar-refractivity contribution in [1.29, 1.82) is 0 Å². The molecule has 2 rings (SSSR count). The van der Waals surface area contributed by atoms with E-state index in [1.165, 1.54) is 32.1 Å². The maximum atomic E-state index is 11.7. The van der Waals surface area contributed by atoms with Crippen LogP contribution in [0, 0.1) is 0 Å². The summed E-state index contributed by atoms with van der Waals surface area (Å²) in [5, 5.41) is 5.70. The Hall–Kier alpha value is -1.75. The standard InChI is InChI=1S/C18H28N2O3/c1-22-16-10-8-15(9-11-16)14-20-18(21)19-12-5-13-23-17-6-3-2-4-7-17/h8-11,17H,2-7,12-14H2,1H3,(H2,19,20,21). The van der Waals surface area contributed by atoms with Gasteiger partial charge in [0.05, 0.1) is 13.2 Å². The first-order chi connectivity index (χ1) is 11.3. The second-order valence-electron chi connectivity index (χ2n) is 5.94. The fourth-order valence-electron chi connectivity index (χ4n) is 2.74. The summed E-state index contributed by atoms with van der Waals surface area (Å²) in [6.45, 7) is 1.87. The quantitative estimate of drug-likeness (QED) is 0.723. The van der Waals surface area contributed by atoms with Crippen molar-refractivity contribution in [3.8, 4) is 5.75 Å². The first-order valence-electron chi connectivity index (χ1n) is 8.54. The van der Waals surface area contributed by atoms with Crippen LogP contribution in [0.4, 0.5) is 4.79 Å². The molecule has 1 aliphatic rings. The van der Waals surface area contributed by atoms with Gasteiger partial charge in [-0.3, -0.25) is 0 Å². The summed E-state index contributed by atoms with van der Waals surface area (Å²) in [6.07, 6.45) is 7.59. The van der Waals surface area contributed by atoms with Crippen LogP contribution in [0.25, 0.3) is 0 Å². The molecule has 2 amide bonds. The van der Waals surface area contributed by atoms with Crippen molar-refractivity contribution in [3.05, 3.63) is 29.8 Å². The van der Waals surface area contributed by atoms with E-state index in [0.29, 0.717) is 19.2 Å². The molecular weight excluding hydrogens is 292 g/mol. The zero-order valence-corrected chi connectivity index (χ0v) is 14.0. The first-order valence-corrected chi connectivity index (χ1v) is 8.54. The second kappa shape index (κ2) is 10.1. The Morgan fingerprint density at radius 3 is 2.57 bits per heavy atom. The van der Waals surface area contributed by atoms with Gasteiger partial charge in [0.25, 0.3) is 0 Å². The molecule has 0 aromatic heterocycles. The summed E-state index contributed by atoms with van der Waals surface area (Å²) in [7, 11) is 1.64. The Bertz CT molecular complexity index is 456. The minimum absolute atomic E-state index is 0.140. The topological polar surface area (TPSA) is 59.6 Å². The number of rotatable bonds is 8. The van der Waals surface area contributed by atoms with E-state index in [0.717, 1.165) is 24.3 Å². The molecule has 1 fully saturated rings. The molecule has 0 aliphatic heterocycles. The van der Waals surface area contributed by atoms with Crippen LogP contribution in [0.5, 0.6) is 5.75 Å². The van der Waals surface area contributed by atoms with Crippen LogP contribution in [-0.4, -0.2) is 32.4 Å². The van der Waals surface area contributed by atoms with Gasteiger partial charge in [-0.2, -0.15) is 0 Å². The summed E-state index contributed by atoms with van der Waals surface area (Å²) in [4.78, 5) is 11.7. The second-order valence-corrected chi connectivity index (χ2v) is 5.94. The lowest BCUT2D eigenvalue weighted by atomic mass is 9.98. The highest BCUT2D eigenvalue weighted by Gasteiger charge is 2.12. The van der Waals surface area contributed by atoms with Gasteiger partial charge in [0.2, 0.25) is 0 Å². The average molecular weight is 320 g/mol. The van der Waals surface area contributed by atoms with Crippen LogP contribution in [0.1, 0.15) is 44.1 Å². The van der Waals surface area contributed by atoms with Crippen molar-refractivity contribution in [2.45, 2.75) is 51.2 Å². The molecule has 0 unspecified atom stereocenters. The van der Waals surface area contributed by atoms with Crippen molar-refractivity contribution in [2.24, 2.45) is 0 Å². The molecule has 0 heterocycles. The van der Waals surface area contributed by atoms with Gasteiger partial charge in [-0.15, -0.1) is 0 Å². The number of hydrogen-bond donors (Lipinski definition) is 2. The summed E-state index contributed by atoms with van der Waals surface area (Å²) in [6, 6.07) is 7.52. The van der Waals surface area contributed by atoms with Gasteiger partial charge in [-0.25, -0.2) is 4.79 Å². The number of methoxy groups -OCH3 is 1. The molecule has 5 heteroatoms. The Morgan fingerprint density at radius 1 is 1.13 bits per heavy atom. The average Bonchev–Trinajstić information content (AvgIpc) is 2.61. The van der Waals surface area contributed by atoms with E-state index in [2.05, 4.69) is 10.6 Å². The summed E-state index contributed by atoms with van der Waals surface area (Å²) < 4.78 is 10.9. The van der Waals surface area contributed by atoms with Gasteiger partial charge in [0, 0.05) is 19.7 Å². The number of ether oxygens (including phenoxy) is 2. The Kier molecular flexibility index (Phi) is 7.73. The van der Waals surface area contributed by atoms with Gasteiger partial charge < -0.3 is 20.1 Å². The zero-order valence-electron chi connectivity index (χ0n) is 14.0. The van der Waals surface area contributed by atoms with Gasteiger partial charge >= 0.3 is 6.03 Å². The van der Waals surface area contributed by atoms with Gasteiger partial charge in [0.1, 0.15) is 5.75 Å². The Balaban J connectivity index is 1.50. The van der Waals surface area contributed by atoms with Crippen LogP contribution in [-0.2, 0) is 11.3 Å². The van der Waals surface area contributed by atoms with E-state index in [9.17, 15) is 4.79 Å². The van der Waals surface area contributed by atoms with E-state index in [1.54, 1.807) is 7.11 Å². The SMILES string of the molecule is COc1ccc(CNC(=O)NCCCOC2CCCCC2)cc1. The van der Waals surface area contributed by atoms with Gasteiger partial charge in [-0.05, 0) is 37.0 Å². The largest absolute Gasteiger partial charge is 0.497 e. The Morgan fingerprint density at radius 2 is 1.87 bits per heavy atom. The molecule has 0 radical (unpaired) electrons. The molecular formula is C18H28N2O3. The van der Waals surface area contributed by atoms with Crippen molar-refractivity contribution in [1.82, 2.24) is 10.6 Å². The number of benzene rings is 1. The molecule has 23 heavy (non-hydrogen) atoms. The van der Waals surface area contributed by atoms with Crippen LogP contribution < -0.4 is 15.4 Å². The van der Waals surface area contributed by atoms with Gasteiger partial charge in [-0.1, -0.05) is 31.4 Å². The van der Waals surface area contributed by atoms with Crippen LogP contribution in [0.3, 0.4) is 0 Å². The minimum atomic E-state index is -0.140. The molecule has 5 nitrogen and oxygen atoms in total. The minimum Gasteiger partial charge on any atom is -0.497 e. The molecule has 1 saturated carbocycles. The fraction of sp³-hybridized carbons (Fsp3) is 0.611. The molecule has 1 aliphatic carbocycles. The molecule has 128 valence electrons. The highest BCUT2D eigenvalue weighted by atomic mass is 16.5. The lowest BCUT2D eigenvalue weighted by Gasteiger charge is -2.21. The number of carbonyl (C=O) groups excluding carboxylic acids is 1. The smallest absolute Gasteiger partial charge is 0.315 e. The molecule has 0 saturated heterocycles. The highest BCUT2D eigenvalue weighted by molar-refractivity contribution is 5.73. The monoisotopic (exact) mass is 320 g/mol. The molecule has 0 spiro atoms. The van der Waals surface area contributed by atoms with Gasteiger partial charge in [0.15, 0.2) is 0 Å². The molecule has 2 N–H and O–H groups in total. The summed E-state index contributed by atoms with van der Waals surface area (Å²) in [5.41, 5.74) is 1.04. The molecule has 0 atom stereocenters. The van der Waals surface area contributed by atoms with Crippen LogP contribution in [0.2, 0.25) is 0 Å². The van der Waals surface area contributed by atoms with E-state index < -0.39 is 0 Å². The zero-order chi connectivity index (χ0) is 16.3. The number of urea groups is 1. The van der Waals surface area contributed by atoms with Crippen LogP contribution >= 0.6 is 0 Å². The van der Waals surface area contributed by atoms with Crippen molar-refractivity contribution in [2.75, 3.05) is 20.3 Å². The Labute approximate surface area is 138 Å². The lowest BCUT2D eigenvalue weighted by molar-refractivity contribution is 0.0275. The first kappa shape index (κ1) is 17.6.